The standard InChI is InChI=1S/C24H29F3O7S/c1-4-16(19-10-9-17-7-5-6-8-18(17)13-19)14-23(20(28)29,24(25,26)27)15-22(2,3)21(30)34-11-12-35(31,32)33/h5-10,13,16H,4,11-12,14-15H2,1-3H3,(H,28,29)(H,31,32,33). The Morgan fingerprint density at radius 1 is 1.06 bits per heavy atom. The Kier molecular flexibility index (Phi) is 8.60. The quantitative estimate of drug-likeness (QED) is 0.310. The zero-order chi connectivity index (χ0) is 26.7. The molecule has 0 aliphatic heterocycles. The molecule has 0 radical (unpaired) electrons. The molecule has 2 atom stereocenters. The molecule has 0 spiro atoms. The Labute approximate surface area is 202 Å². The number of aliphatic carboxylic acids is 1. The van der Waals surface area contributed by atoms with E-state index < -0.39 is 70.2 Å². The monoisotopic (exact) mass is 518 g/mol. The Balaban J connectivity index is 2.42. The van der Waals surface area contributed by atoms with Crippen molar-refractivity contribution in [1.82, 2.24) is 0 Å². The van der Waals surface area contributed by atoms with Crippen molar-refractivity contribution in [3.8, 4) is 0 Å². The number of halogens is 3. The van der Waals surface area contributed by atoms with Gasteiger partial charge >= 0.3 is 18.1 Å². The number of carbonyl (C=O) groups excluding carboxylic acids is 1. The second-order valence-electron chi connectivity index (χ2n) is 9.28. The van der Waals surface area contributed by atoms with E-state index in [1.165, 1.54) is 0 Å². The van der Waals surface area contributed by atoms with Crippen LogP contribution < -0.4 is 0 Å². The molecular formula is C24H29F3O7S. The number of esters is 1. The smallest absolute Gasteiger partial charge is 0.404 e. The highest BCUT2D eigenvalue weighted by atomic mass is 32.2. The zero-order valence-electron chi connectivity index (χ0n) is 19.6. The van der Waals surface area contributed by atoms with E-state index in [1.54, 1.807) is 31.2 Å². The topological polar surface area (TPSA) is 118 Å². The lowest BCUT2D eigenvalue weighted by Crippen LogP contribution is -2.50. The van der Waals surface area contributed by atoms with E-state index in [0.717, 1.165) is 24.6 Å². The van der Waals surface area contributed by atoms with Gasteiger partial charge in [0.25, 0.3) is 10.1 Å². The van der Waals surface area contributed by atoms with E-state index in [9.17, 15) is 36.3 Å². The van der Waals surface area contributed by atoms with Gasteiger partial charge in [0.2, 0.25) is 0 Å². The number of hydrogen-bond acceptors (Lipinski definition) is 5. The largest absolute Gasteiger partial charge is 0.481 e. The van der Waals surface area contributed by atoms with E-state index in [-0.39, 0.29) is 6.42 Å². The van der Waals surface area contributed by atoms with E-state index in [4.69, 9.17) is 9.29 Å². The average molecular weight is 519 g/mol. The molecule has 0 fully saturated rings. The molecule has 7 nitrogen and oxygen atoms in total. The molecule has 11 heteroatoms. The lowest BCUT2D eigenvalue weighted by Gasteiger charge is -2.39. The summed E-state index contributed by atoms with van der Waals surface area (Å²) in [5, 5.41) is 11.6. The van der Waals surface area contributed by atoms with Crippen LogP contribution in [-0.4, -0.2) is 48.6 Å². The molecular weight excluding hydrogens is 489 g/mol. The molecule has 0 bridgehead atoms. The number of rotatable bonds is 11. The third-order valence-electron chi connectivity index (χ3n) is 6.16. The Hall–Kier alpha value is -2.66. The molecule has 0 aromatic heterocycles. The molecule has 0 aliphatic carbocycles. The molecule has 0 saturated carbocycles. The van der Waals surface area contributed by atoms with E-state index in [0.29, 0.717) is 5.56 Å². The summed E-state index contributed by atoms with van der Waals surface area (Å²) in [5.41, 5.74) is -4.64. The van der Waals surface area contributed by atoms with Crippen molar-refractivity contribution in [2.45, 2.75) is 52.1 Å². The van der Waals surface area contributed by atoms with Crippen LogP contribution in [-0.2, 0) is 24.4 Å². The lowest BCUT2D eigenvalue weighted by molar-refractivity contribution is -0.243. The Morgan fingerprint density at radius 2 is 1.66 bits per heavy atom. The van der Waals surface area contributed by atoms with Gasteiger partial charge in [-0.05, 0) is 55.4 Å². The molecule has 0 amide bonds. The molecule has 2 aromatic rings. The van der Waals surface area contributed by atoms with Crippen molar-refractivity contribution in [2.75, 3.05) is 12.4 Å². The van der Waals surface area contributed by atoms with Crippen LogP contribution in [0.4, 0.5) is 13.2 Å². The first-order valence-electron chi connectivity index (χ1n) is 10.9. The molecule has 2 unspecified atom stereocenters. The maximum absolute atomic E-state index is 14.4. The normalized spacial score (nSPS) is 15.4. The molecule has 2 aromatic carbocycles. The van der Waals surface area contributed by atoms with Gasteiger partial charge in [-0.15, -0.1) is 0 Å². The number of carboxylic acid groups (broad SMARTS) is 1. The lowest BCUT2D eigenvalue weighted by atomic mass is 9.66. The predicted octanol–water partition coefficient (Wildman–Crippen LogP) is 5.20. The van der Waals surface area contributed by atoms with Crippen LogP contribution in [0.3, 0.4) is 0 Å². The number of benzene rings is 2. The van der Waals surface area contributed by atoms with Crippen LogP contribution >= 0.6 is 0 Å². The summed E-state index contributed by atoms with van der Waals surface area (Å²) >= 11 is 0. The SMILES string of the molecule is CCC(CC(CC(C)(C)C(=O)OCCS(=O)(=O)O)(C(=O)O)C(F)(F)F)c1ccc2ccccc2c1. The van der Waals surface area contributed by atoms with Gasteiger partial charge in [-0.2, -0.15) is 21.6 Å². The molecule has 0 heterocycles. The summed E-state index contributed by atoms with van der Waals surface area (Å²) in [6, 6.07) is 12.5. The molecule has 0 saturated heterocycles. The van der Waals surface area contributed by atoms with Crippen LogP contribution in [0.1, 0.15) is 51.5 Å². The highest BCUT2D eigenvalue weighted by Crippen LogP contribution is 2.52. The minimum Gasteiger partial charge on any atom is -0.481 e. The van der Waals surface area contributed by atoms with Crippen LogP contribution in [0.25, 0.3) is 10.8 Å². The number of fused-ring (bicyclic) bond motifs is 1. The highest BCUT2D eigenvalue weighted by molar-refractivity contribution is 7.85. The Morgan fingerprint density at radius 3 is 2.17 bits per heavy atom. The van der Waals surface area contributed by atoms with Gasteiger partial charge in [0.1, 0.15) is 12.4 Å². The minimum absolute atomic E-state index is 0.225. The number of carboxylic acids is 1. The fourth-order valence-electron chi connectivity index (χ4n) is 4.21. The van der Waals surface area contributed by atoms with Crippen LogP contribution in [0.2, 0.25) is 0 Å². The summed E-state index contributed by atoms with van der Waals surface area (Å²) in [6.07, 6.45) is -6.90. The average Bonchev–Trinajstić information content (AvgIpc) is 2.74. The van der Waals surface area contributed by atoms with Gasteiger partial charge in [0.15, 0.2) is 5.41 Å². The zero-order valence-corrected chi connectivity index (χ0v) is 20.4. The fourth-order valence-corrected chi connectivity index (χ4v) is 4.51. The first-order chi connectivity index (χ1) is 16.0. The summed E-state index contributed by atoms with van der Waals surface area (Å²) in [4.78, 5) is 24.7. The summed E-state index contributed by atoms with van der Waals surface area (Å²) < 4.78 is 78.5. The highest BCUT2D eigenvalue weighted by Gasteiger charge is 2.63. The second-order valence-corrected chi connectivity index (χ2v) is 10.9. The van der Waals surface area contributed by atoms with Crippen molar-refractivity contribution >= 4 is 32.8 Å². The summed E-state index contributed by atoms with van der Waals surface area (Å²) in [5.74, 6) is -5.01. The molecule has 2 rings (SSSR count). The fraction of sp³-hybridized carbons (Fsp3) is 0.500. The van der Waals surface area contributed by atoms with Gasteiger partial charge in [-0.25, -0.2) is 0 Å². The van der Waals surface area contributed by atoms with Crippen LogP contribution in [0.15, 0.2) is 42.5 Å². The van der Waals surface area contributed by atoms with Crippen molar-refractivity contribution < 1.29 is 45.6 Å². The van der Waals surface area contributed by atoms with Crippen molar-refractivity contribution in [3.05, 3.63) is 48.0 Å². The van der Waals surface area contributed by atoms with Crippen molar-refractivity contribution in [3.63, 3.8) is 0 Å². The Bertz CT molecular complexity index is 1180. The van der Waals surface area contributed by atoms with Gasteiger partial charge in [-0.3, -0.25) is 14.1 Å². The third-order valence-corrected chi connectivity index (χ3v) is 6.84. The van der Waals surface area contributed by atoms with Gasteiger partial charge in [-0.1, -0.05) is 49.4 Å². The molecule has 2 N–H and O–H groups in total. The van der Waals surface area contributed by atoms with Gasteiger partial charge in [0.05, 0.1) is 5.41 Å². The number of alkyl halides is 3. The van der Waals surface area contributed by atoms with E-state index in [1.807, 2.05) is 18.2 Å². The molecule has 0 aliphatic rings. The van der Waals surface area contributed by atoms with Crippen molar-refractivity contribution in [1.29, 1.82) is 0 Å². The first-order valence-corrected chi connectivity index (χ1v) is 12.5. The van der Waals surface area contributed by atoms with Crippen LogP contribution in [0.5, 0.6) is 0 Å². The number of carbonyl (C=O) groups is 2. The number of ether oxygens (including phenoxy) is 1. The minimum atomic E-state index is -5.20. The second kappa shape index (κ2) is 10.5. The summed E-state index contributed by atoms with van der Waals surface area (Å²) in [7, 11) is -4.45. The summed E-state index contributed by atoms with van der Waals surface area (Å²) in [6.45, 7) is 3.12. The molecule has 194 valence electrons. The van der Waals surface area contributed by atoms with Gasteiger partial charge < -0.3 is 9.84 Å². The van der Waals surface area contributed by atoms with Crippen molar-refractivity contribution in [2.24, 2.45) is 10.8 Å². The first kappa shape index (κ1) is 28.6. The maximum atomic E-state index is 14.4. The van der Waals surface area contributed by atoms with E-state index in [2.05, 4.69) is 0 Å². The third kappa shape index (κ3) is 6.94. The van der Waals surface area contributed by atoms with Crippen LogP contribution in [0, 0.1) is 10.8 Å². The maximum Gasteiger partial charge on any atom is 0.404 e. The number of hydrogen-bond donors (Lipinski definition) is 2. The van der Waals surface area contributed by atoms with E-state index >= 15 is 0 Å². The predicted molar refractivity (Wildman–Crippen MR) is 123 cm³/mol. The molecule has 35 heavy (non-hydrogen) atoms. The van der Waals surface area contributed by atoms with Gasteiger partial charge in [0, 0.05) is 0 Å².